The number of hydrogen-bond acceptors (Lipinski definition) is 4. The van der Waals surface area contributed by atoms with Gasteiger partial charge in [0.25, 0.3) is 0 Å². The van der Waals surface area contributed by atoms with Crippen LogP contribution >= 0.6 is 11.3 Å². The van der Waals surface area contributed by atoms with Crippen LogP contribution in [0.25, 0.3) is 0 Å². The number of carbonyl (C=O) groups is 3. The second-order valence-corrected chi connectivity index (χ2v) is 7.24. The standard InChI is InChI=1S/C20H21NO3S/c22-15(8-11-18(23)19-6-3-13-25-19)9-12-20(24)21-17-10-7-14-4-1-2-5-16(14)17/h1-6,13,17H,7-12H2,(H,21,24)/t17-/m1/s1. The van der Waals surface area contributed by atoms with Crippen LogP contribution in [-0.2, 0) is 16.0 Å². The van der Waals surface area contributed by atoms with Gasteiger partial charge in [0.15, 0.2) is 5.78 Å². The number of benzene rings is 1. The monoisotopic (exact) mass is 355 g/mol. The summed E-state index contributed by atoms with van der Waals surface area (Å²) in [6.07, 6.45) is 2.69. The van der Waals surface area contributed by atoms with Crippen molar-refractivity contribution in [3.8, 4) is 0 Å². The van der Waals surface area contributed by atoms with Crippen molar-refractivity contribution < 1.29 is 14.4 Å². The topological polar surface area (TPSA) is 63.2 Å². The fourth-order valence-corrected chi connectivity index (χ4v) is 3.86. The maximum absolute atomic E-state index is 12.1. The number of ketones is 2. The number of rotatable bonds is 8. The van der Waals surface area contributed by atoms with E-state index in [-0.39, 0.29) is 49.2 Å². The Morgan fingerprint density at radius 1 is 1.00 bits per heavy atom. The lowest BCUT2D eigenvalue weighted by Gasteiger charge is -2.13. The van der Waals surface area contributed by atoms with Crippen LogP contribution in [0.4, 0.5) is 0 Å². The third-order valence-electron chi connectivity index (χ3n) is 4.53. The van der Waals surface area contributed by atoms with Crippen LogP contribution in [0.15, 0.2) is 41.8 Å². The summed E-state index contributed by atoms with van der Waals surface area (Å²) in [5.74, 6) is -0.137. The predicted octanol–water partition coefficient (Wildman–Crippen LogP) is 3.86. The molecule has 1 atom stereocenters. The average molecular weight is 355 g/mol. The minimum atomic E-state index is -0.0976. The summed E-state index contributed by atoms with van der Waals surface area (Å²) < 4.78 is 0. The highest BCUT2D eigenvalue weighted by Gasteiger charge is 2.23. The maximum Gasteiger partial charge on any atom is 0.220 e. The van der Waals surface area contributed by atoms with Crippen molar-refractivity contribution in [3.05, 3.63) is 57.8 Å². The summed E-state index contributed by atoms with van der Waals surface area (Å²) in [6, 6.07) is 11.8. The van der Waals surface area contributed by atoms with E-state index in [1.165, 1.54) is 22.5 Å². The first-order chi connectivity index (χ1) is 12.1. The number of amides is 1. The predicted molar refractivity (Wildman–Crippen MR) is 97.8 cm³/mol. The molecular weight excluding hydrogens is 334 g/mol. The van der Waals surface area contributed by atoms with Crippen molar-refractivity contribution in [2.24, 2.45) is 0 Å². The molecule has 4 nitrogen and oxygen atoms in total. The highest BCUT2D eigenvalue weighted by atomic mass is 32.1. The maximum atomic E-state index is 12.1. The molecule has 2 aromatic rings. The van der Waals surface area contributed by atoms with Gasteiger partial charge in [0.1, 0.15) is 5.78 Å². The number of Topliss-reactive ketones (excluding diaryl/α,β-unsaturated/α-hetero) is 2. The lowest BCUT2D eigenvalue weighted by atomic mass is 10.1. The quantitative estimate of drug-likeness (QED) is 0.731. The van der Waals surface area contributed by atoms with Crippen molar-refractivity contribution in [2.45, 2.75) is 44.6 Å². The van der Waals surface area contributed by atoms with E-state index in [0.717, 1.165) is 12.8 Å². The molecule has 0 spiro atoms. The van der Waals surface area contributed by atoms with Gasteiger partial charge in [-0.2, -0.15) is 0 Å². The molecule has 1 aliphatic rings. The highest BCUT2D eigenvalue weighted by molar-refractivity contribution is 7.12. The van der Waals surface area contributed by atoms with Crippen LogP contribution in [0, 0.1) is 0 Å². The molecule has 0 bridgehead atoms. The Morgan fingerprint density at radius 2 is 1.80 bits per heavy atom. The molecule has 130 valence electrons. The molecule has 5 heteroatoms. The van der Waals surface area contributed by atoms with Gasteiger partial charge >= 0.3 is 0 Å². The SMILES string of the molecule is O=C(CCC(=O)N[C@@H]1CCc2ccccc21)CCC(=O)c1cccs1. The molecular formula is C20H21NO3S. The Balaban J connectivity index is 1.39. The molecule has 0 saturated heterocycles. The third-order valence-corrected chi connectivity index (χ3v) is 5.44. The van der Waals surface area contributed by atoms with E-state index >= 15 is 0 Å². The summed E-state index contributed by atoms with van der Waals surface area (Å²) >= 11 is 1.39. The molecule has 1 N–H and O–H groups in total. The smallest absolute Gasteiger partial charge is 0.220 e. The molecule has 3 rings (SSSR count). The fourth-order valence-electron chi connectivity index (χ4n) is 3.16. The van der Waals surface area contributed by atoms with Gasteiger partial charge in [-0.25, -0.2) is 0 Å². The van der Waals surface area contributed by atoms with Crippen LogP contribution in [0.3, 0.4) is 0 Å². The largest absolute Gasteiger partial charge is 0.349 e. The Morgan fingerprint density at radius 3 is 2.60 bits per heavy atom. The summed E-state index contributed by atoms with van der Waals surface area (Å²) in [5.41, 5.74) is 2.47. The van der Waals surface area contributed by atoms with Gasteiger partial charge in [-0.15, -0.1) is 11.3 Å². The van der Waals surface area contributed by atoms with Crippen molar-refractivity contribution in [3.63, 3.8) is 0 Å². The molecule has 0 fully saturated rings. The van der Waals surface area contributed by atoms with E-state index in [2.05, 4.69) is 17.4 Å². The zero-order valence-electron chi connectivity index (χ0n) is 14.0. The van der Waals surface area contributed by atoms with Crippen molar-refractivity contribution in [1.29, 1.82) is 0 Å². The highest BCUT2D eigenvalue weighted by Crippen LogP contribution is 2.30. The minimum Gasteiger partial charge on any atom is -0.349 e. The summed E-state index contributed by atoms with van der Waals surface area (Å²) in [4.78, 5) is 36.6. The zero-order valence-corrected chi connectivity index (χ0v) is 14.8. The Labute approximate surface area is 151 Å². The second-order valence-electron chi connectivity index (χ2n) is 6.30. The van der Waals surface area contributed by atoms with E-state index in [4.69, 9.17) is 0 Å². The summed E-state index contributed by atoms with van der Waals surface area (Å²) in [5, 5.41) is 4.87. The van der Waals surface area contributed by atoms with Crippen molar-refractivity contribution in [1.82, 2.24) is 5.32 Å². The Hall–Kier alpha value is -2.27. The first kappa shape index (κ1) is 17.5. The van der Waals surface area contributed by atoms with E-state index in [0.29, 0.717) is 4.88 Å². The van der Waals surface area contributed by atoms with Crippen LogP contribution in [-0.4, -0.2) is 17.5 Å². The fraction of sp³-hybridized carbons (Fsp3) is 0.350. The molecule has 0 aliphatic heterocycles. The number of aryl methyl sites for hydroxylation is 1. The number of fused-ring (bicyclic) bond motifs is 1. The van der Waals surface area contributed by atoms with Crippen LogP contribution < -0.4 is 5.32 Å². The second kappa shape index (κ2) is 8.21. The third kappa shape index (κ3) is 4.63. The van der Waals surface area contributed by atoms with Crippen LogP contribution in [0.5, 0.6) is 0 Å². The van der Waals surface area contributed by atoms with Crippen molar-refractivity contribution >= 4 is 28.8 Å². The van der Waals surface area contributed by atoms with Gasteiger partial charge in [0.05, 0.1) is 10.9 Å². The van der Waals surface area contributed by atoms with E-state index in [1.54, 1.807) is 6.07 Å². The van der Waals surface area contributed by atoms with Crippen LogP contribution in [0.2, 0.25) is 0 Å². The molecule has 1 aromatic heterocycles. The number of nitrogens with one attached hydrogen (secondary N) is 1. The zero-order chi connectivity index (χ0) is 17.6. The summed E-state index contributed by atoms with van der Waals surface area (Å²) in [7, 11) is 0. The van der Waals surface area contributed by atoms with Gasteiger partial charge in [0.2, 0.25) is 5.91 Å². The first-order valence-electron chi connectivity index (χ1n) is 8.59. The van der Waals surface area contributed by atoms with Gasteiger partial charge in [-0.1, -0.05) is 30.3 Å². The van der Waals surface area contributed by atoms with Gasteiger partial charge in [-0.05, 0) is 35.4 Å². The molecule has 25 heavy (non-hydrogen) atoms. The van der Waals surface area contributed by atoms with Crippen molar-refractivity contribution in [2.75, 3.05) is 0 Å². The summed E-state index contributed by atoms with van der Waals surface area (Å²) in [6.45, 7) is 0. The number of hydrogen-bond donors (Lipinski definition) is 1. The minimum absolute atomic E-state index is 0.00429. The number of carbonyl (C=O) groups excluding carboxylic acids is 3. The van der Waals surface area contributed by atoms with E-state index < -0.39 is 0 Å². The molecule has 1 aliphatic carbocycles. The molecule has 1 heterocycles. The normalized spacial score (nSPS) is 15.6. The van der Waals surface area contributed by atoms with E-state index in [1.807, 2.05) is 23.6 Å². The first-order valence-corrected chi connectivity index (χ1v) is 9.47. The molecule has 0 radical (unpaired) electrons. The molecule has 0 unspecified atom stereocenters. The Bertz CT molecular complexity index is 767. The van der Waals surface area contributed by atoms with Gasteiger partial charge in [-0.3, -0.25) is 14.4 Å². The van der Waals surface area contributed by atoms with Crippen LogP contribution in [0.1, 0.15) is 58.9 Å². The Kier molecular flexibility index (Phi) is 5.76. The molecule has 1 aromatic carbocycles. The number of thiophene rings is 1. The van der Waals surface area contributed by atoms with Gasteiger partial charge in [0, 0.05) is 25.7 Å². The lowest BCUT2D eigenvalue weighted by molar-refractivity contribution is -0.125. The van der Waals surface area contributed by atoms with Gasteiger partial charge < -0.3 is 5.32 Å². The molecule has 0 saturated carbocycles. The molecule has 1 amide bonds. The van der Waals surface area contributed by atoms with E-state index in [9.17, 15) is 14.4 Å². The lowest BCUT2D eigenvalue weighted by Crippen LogP contribution is -2.27. The average Bonchev–Trinajstić information content (AvgIpc) is 3.28.